The lowest BCUT2D eigenvalue weighted by atomic mass is 9.99. The van der Waals surface area contributed by atoms with E-state index in [2.05, 4.69) is 0 Å². The van der Waals surface area contributed by atoms with Crippen molar-refractivity contribution in [2.45, 2.75) is 54.8 Å². The second-order valence-corrected chi connectivity index (χ2v) is 5.56. The van der Waals surface area contributed by atoms with Gasteiger partial charge in [0.1, 0.15) is 49.3 Å². The van der Waals surface area contributed by atoms with E-state index in [9.17, 15) is 30.6 Å². The summed E-state index contributed by atoms with van der Waals surface area (Å²) in [5.74, 6) is -2.22. The smallest absolute Gasteiger partial charge is 0.224 e. The van der Waals surface area contributed by atoms with Crippen molar-refractivity contribution in [3.8, 4) is 0 Å². The van der Waals surface area contributed by atoms with Crippen molar-refractivity contribution in [3.63, 3.8) is 0 Å². The van der Waals surface area contributed by atoms with Gasteiger partial charge in [0.15, 0.2) is 6.29 Å². The van der Waals surface area contributed by atoms with E-state index in [1.54, 1.807) is 0 Å². The highest BCUT2D eigenvalue weighted by atomic mass is 16.8. The number of aliphatic hydroxyl groups excluding tert-OH is 8. The van der Waals surface area contributed by atoms with E-state index in [0.717, 1.165) is 0 Å². The molecule has 136 valence electrons. The molecule has 2 rings (SSSR count). The van der Waals surface area contributed by atoms with Crippen LogP contribution in [0.4, 0.5) is 0 Å². The van der Waals surface area contributed by atoms with Gasteiger partial charge in [-0.1, -0.05) is 0 Å². The summed E-state index contributed by atoms with van der Waals surface area (Å²) in [6.07, 6.45) is -12.7. The molecule has 8 N–H and O–H groups in total. The number of hydrogen-bond acceptors (Lipinski definition) is 11. The van der Waals surface area contributed by atoms with Gasteiger partial charge in [-0.15, -0.1) is 0 Å². The molecular weight excluding hydrogens is 320 g/mol. The standard InChI is InChI=1S/C12H22O11/c13-1-4-6(16)8(18)9(19)11(21-4)23-12(3-15)10(20)7(17)5(2-14)22-12/h4-11,13-20H,1-3H2/t4?,5-,6-,7+,8?,9+,10?,11-,12+/m1/s1. The van der Waals surface area contributed by atoms with Crippen molar-refractivity contribution in [1.82, 2.24) is 0 Å². The lowest BCUT2D eigenvalue weighted by Gasteiger charge is -2.43. The van der Waals surface area contributed by atoms with Crippen molar-refractivity contribution >= 4 is 0 Å². The van der Waals surface area contributed by atoms with Crippen LogP contribution in [0.1, 0.15) is 0 Å². The molecule has 2 aliphatic rings. The molecule has 0 aromatic rings. The topological polar surface area (TPSA) is 190 Å². The highest BCUT2D eigenvalue weighted by molar-refractivity contribution is 4.98. The molecule has 11 nitrogen and oxygen atoms in total. The van der Waals surface area contributed by atoms with Crippen LogP contribution in [0.2, 0.25) is 0 Å². The zero-order valence-corrected chi connectivity index (χ0v) is 12.0. The lowest BCUT2D eigenvalue weighted by Crippen LogP contribution is -2.62. The van der Waals surface area contributed by atoms with Crippen molar-refractivity contribution in [2.75, 3.05) is 19.8 Å². The maximum absolute atomic E-state index is 10.00. The fourth-order valence-corrected chi connectivity index (χ4v) is 2.63. The van der Waals surface area contributed by atoms with E-state index >= 15 is 0 Å². The summed E-state index contributed by atoms with van der Waals surface area (Å²) < 4.78 is 15.4. The summed E-state index contributed by atoms with van der Waals surface area (Å²) in [5, 5.41) is 76.7. The average molecular weight is 342 g/mol. The van der Waals surface area contributed by atoms with Crippen LogP contribution in [0, 0.1) is 0 Å². The van der Waals surface area contributed by atoms with Gasteiger partial charge in [0, 0.05) is 0 Å². The molecule has 2 fully saturated rings. The molecule has 3 unspecified atom stereocenters. The van der Waals surface area contributed by atoms with E-state index in [0.29, 0.717) is 0 Å². The van der Waals surface area contributed by atoms with Gasteiger partial charge in [-0.2, -0.15) is 0 Å². The third-order valence-corrected chi connectivity index (χ3v) is 4.07. The predicted molar refractivity (Wildman–Crippen MR) is 68.6 cm³/mol. The largest absolute Gasteiger partial charge is 0.394 e. The Bertz CT molecular complexity index is 393. The van der Waals surface area contributed by atoms with Crippen molar-refractivity contribution in [1.29, 1.82) is 0 Å². The summed E-state index contributed by atoms with van der Waals surface area (Å²) in [4.78, 5) is 0. The molecule has 0 spiro atoms. The quantitative estimate of drug-likeness (QED) is 0.238. The zero-order chi connectivity index (χ0) is 17.4. The molecule has 0 aromatic carbocycles. The molecule has 2 aliphatic heterocycles. The maximum atomic E-state index is 10.00. The first-order chi connectivity index (χ1) is 10.8. The zero-order valence-electron chi connectivity index (χ0n) is 12.0. The predicted octanol–water partition coefficient (Wildman–Crippen LogP) is -5.40. The van der Waals surface area contributed by atoms with Crippen molar-refractivity contribution in [3.05, 3.63) is 0 Å². The Kier molecular flexibility index (Phi) is 5.92. The fraction of sp³-hybridized carbons (Fsp3) is 1.00. The molecular formula is C12H22O11. The first-order valence-electron chi connectivity index (χ1n) is 7.05. The highest BCUT2D eigenvalue weighted by Gasteiger charge is 2.58. The van der Waals surface area contributed by atoms with E-state index in [-0.39, 0.29) is 0 Å². The summed E-state index contributed by atoms with van der Waals surface area (Å²) >= 11 is 0. The van der Waals surface area contributed by atoms with E-state index in [4.69, 9.17) is 24.4 Å². The van der Waals surface area contributed by atoms with Crippen LogP contribution in [0.5, 0.6) is 0 Å². The van der Waals surface area contributed by atoms with Gasteiger partial charge < -0.3 is 55.1 Å². The minimum absolute atomic E-state index is 0.669. The molecule has 2 heterocycles. The Balaban J connectivity index is 2.18. The minimum Gasteiger partial charge on any atom is -0.394 e. The van der Waals surface area contributed by atoms with Gasteiger partial charge in [-0.3, -0.25) is 0 Å². The third kappa shape index (κ3) is 3.23. The number of aliphatic hydroxyl groups is 8. The first kappa shape index (κ1) is 18.9. The summed E-state index contributed by atoms with van der Waals surface area (Å²) in [5.41, 5.74) is 0. The van der Waals surface area contributed by atoms with E-state index in [1.807, 2.05) is 0 Å². The highest BCUT2D eigenvalue weighted by Crippen LogP contribution is 2.35. The summed E-state index contributed by atoms with van der Waals surface area (Å²) in [6, 6.07) is 0. The van der Waals surface area contributed by atoms with Gasteiger partial charge >= 0.3 is 0 Å². The SMILES string of the molecule is OCC1O[C@H](O[C@]2(CO)O[C@H](CO)[C@H](O)C2O)[C@@H](O)C(O)[C@@H]1O. The Morgan fingerprint density at radius 1 is 0.783 bits per heavy atom. The molecule has 0 saturated carbocycles. The minimum atomic E-state index is -2.22. The monoisotopic (exact) mass is 342 g/mol. The van der Waals surface area contributed by atoms with Gasteiger partial charge in [-0.05, 0) is 0 Å². The molecule has 0 bridgehead atoms. The molecule has 11 heteroatoms. The van der Waals surface area contributed by atoms with Crippen LogP contribution in [-0.2, 0) is 14.2 Å². The summed E-state index contributed by atoms with van der Waals surface area (Å²) in [7, 11) is 0. The van der Waals surface area contributed by atoms with Crippen LogP contribution in [0.15, 0.2) is 0 Å². The van der Waals surface area contributed by atoms with Crippen LogP contribution >= 0.6 is 0 Å². The maximum Gasteiger partial charge on any atom is 0.224 e. The number of hydrogen-bond donors (Lipinski definition) is 8. The van der Waals surface area contributed by atoms with Crippen molar-refractivity contribution in [2.24, 2.45) is 0 Å². The van der Waals surface area contributed by atoms with Crippen molar-refractivity contribution < 1.29 is 55.1 Å². The molecule has 2 saturated heterocycles. The molecule has 0 radical (unpaired) electrons. The Morgan fingerprint density at radius 2 is 1.39 bits per heavy atom. The normalized spacial score (nSPS) is 51.1. The van der Waals surface area contributed by atoms with Gasteiger partial charge in [0.05, 0.1) is 13.2 Å². The average Bonchev–Trinajstić information content (AvgIpc) is 2.80. The molecule has 23 heavy (non-hydrogen) atoms. The second kappa shape index (κ2) is 7.21. The third-order valence-electron chi connectivity index (χ3n) is 4.07. The van der Waals surface area contributed by atoms with E-state index < -0.39 is 74.6 Å². The molecule has 0 aromatic heterocycles. The Morgan fingerprint density at radius 3 is 1.87 bits per heavy atom. The Hall–Kier alpha value is -0.440. The lowest BCUT2D eigenvalue weighted by molar-refractivity contribution is -0.383. The van der Waals surface area contributed by atoms with Gasteiger partial charge in [-0.25, -0.2) is 0 Å². The molecule has 9 atom stereocenters. The molecule has 0 amide bonds. The van der Waals surface area contributed by atoms with Crippen LogP contribution in [0.25, 0.3) is 0 Å². The van der Waals surface area contributed by atoms with Crippen LogP contribution in [-0.4, -0.2) is 115 Å². The fourth-order valence-electron chi connectivity index (χ4n) is 2.63. The van der Waals surface area contributed by atoms with Gasteiger partial charge in [0.25, 0.3) is 0 Å². The van der Waals surface area contributed by atoms with Gasteiger partial charge in [0.2, 0.25) is 5.79 Å². The van der Waals surface area contributed by atoms with Crippen LogP contribution in [0.3, 0.4) is 0 Å². The number of rotatable bonds is 5. The second-order valence-electron chi connectivity index (χ2n) is 5.56. The molecule has 0 aliphatic carbocycles. The summed E-state index contributed by atoms with van der Waals surface area (Å²) in [6.45, 7) is -2.32. The van der Waals surface area contributed by atoms with E-state index in [1.165, 1.54) is 0 Å². The first-order valence-corrected chi connectivity index (χ1v) is 7.05. The van der Waals surface area contributed by atoms with Crippen LogP contribution < -0.4 is 0 Å². The number of ether oxygens (including phenoxy) is 3. The Labute approximate surface area is 130 Å².